The summed E-state index contributed by atoms with van der Waals surface area (Å²) in [5.41, 5.74) is 6.24. The predicted octanol–water partition coefficient (Wildman–Crippen LogP) is 2.06. The van der Waals surface area contributed by atoms with Crippen molar-refractivity contribution < 1.29 is 9.90 Å². The molecule has 3 N–H and O–H groups in total. The Kier molecular flexibility index (Phi) is 3.92. The van der Waals surface area contributed by atoms with Gasteiger partial charge in [-0.3, -0.25) is 4.79 Å². The molecule has 1 rings (SSSR count). The van der Waals surface area contributed by atoms with Gasteiger partial charge in [0.1, 0.15) is 6.04 Å². The number of hydrogen-bond acceptors (Lipinski definition) is 2. The number of rotatable bonds is 3. The van der Waals surface area contributed by atoms with Crippen molar-refractivity contribution in [3.05, 3.63) is 33.3 Å². The Morgan fingerprint density at radius 3 is 2.79 bits per heavy atom. The Morgan fingerprint density at radius 2 is 2.29 bits per heavy atom. The summed E-state index contributed by atoms with van der Waals surface area (Å²) in [7, 11) is 0. The highest BCUT2D eigenvalue weighted by molar-refractivity contribution is 9.10. The van der Waals surface area contributed by atoms with E-state index in [2.05, 4.69) is 15.9 Å². The minimum Gasteiger partial charge on any atom is -0.480 e. The second-order valence-corrected chi connectivity index (χ2v) is 4.18. The summed E-state index contributed by atoms with van der Waals surface area (Å²) in [6.45, 7) is 0. The molecule has 0 aliphatic carbocycles. The lowest BCUT2D eigenvalue weighted by Crippen LogP contribution is -2.32. The van der Waals surface area contributed by atoms with Crippen LogP contribution in [0.4, 0.5) is 0 Å². The topological polar surface area (TPSA) is 63.3 Å². The lowest BCUT2D eigenvalue weighted by molar-refractivity contribution is -0.138. The maximum atomic E-state index is 10.5. The van der Waals surface area contributed by atoms with E-state index in [1.165, 1.54) is 0 Å². The lowest BCUT2D eigenvalue weighted by atomic mass is 10.1. The summed E-state index contributed by atoms with van der Waals surface area (Å²) in [6, 6.07) is 4.30. The van der Waals surface area contributed by atoms with Gasteiger partial charge in [0.2, 0.25) is 0 Å². The van der Waals surface area contributed by atoms with E-state index in [0.29, 0.717) is 5.02 Å². The second-order valence-electron chi connectivity index (χ2n) is 2.88. The Labute approximate surface area is 95.0 Å². The van der Waals surface area contributed by atoms with Gasteiger partial charge in [-0.05, 0) is 24.1 Å². The fraction of sp³-hybridized carbons (Fsp3) is 0.222. The molecule has 0 saturated heterocycles. The van der Waals surface area contributed by atoms with Gasteiger partial charge in [0.05, 0.1) is 0 Å². The largest absolute Gasteiger partial charge is 0.480 e. The molecule has 1 aromatic carbocycles. The van der Waals surface area contributed by atoms with Crippen molar-refractivity contribution in [3.63, 3.8) is 0 Å². The third-order valence-electron chi connectivity index (χ3n) is 1.77. The molecule has 0 aliphatic heterocycles. The van der Waals surface area contributed by atoms with Crippen LogP contribution in [-0.2, 0) is 11.2 Å². The molecule has 0 aromatic heterocycles. The first-order valence-corrected chi connectivity index (χ1v) is 5.10. The zero-order chi connectivity index (χ0) is 10.7. The molecule has 0 amide bonds. The maximum Gasteiger partial charge on any atom is 0.320 e. The average molecular weight is 279 g/mol. The van der Waals surface area contributed by atoms with Gasteiger partial charge >= 0.3 is 5.97 Å². The molecule has 0 unspecified atom stereocenters. The van der Waals surface area contributed by atoms with Gasteiger partial charge in [0.25, 0.3) is 0 Å². The molecule has 1 atom stereocenters. The van der Waals surface area contributed by atoms with E-state index in [4.69, 9.17) is 22.4 Å². The minimum atomic E-state index is -1.01. The molecule has 0 bridgehead atoms. The van der Waals surface area contributed by atoms with Crippen molar-refractivity contribution in [1.29, 1.82) is 0 Å². The molecule has 0 spiro atoms. The van der Waals surface area contributed by atoms with Crippen LogP contribution in [0.15, 0.2) is 22.7 Å². The fourth-order valence-corrected chi connectivity index (χ4v) is 1.86. The summed E-state index contributed by atoms with van der Waals surface area (Å²) in [5.74, 6) is -1.01. The highest BCUT2D eigenvalue weighted by Gasteiger charge is 2.13. The van der Waals surface area contributed by atoms with E-state index in [1.807, 2.05) is 0 Å². The van der Waals surface area contributed by atoms with Crippen LogP contribution in [0, 0.1) is 0 Å². The summed E-state index contributed by atoms with van der Waals surface area (Å²) in [4.78, 5) is 10.5. The standard InChI is InChI=1S/C9H9BrClNO2/c10-7-4-6(11)2-1-5(7)3-8(12)9(13)14/h1-2,4,8H,3,12H2,(H,13,14)/t8-/m1/s1. The molecule has 0 saturated carbocycles. The van der Waals surface area contributed by atoms with Crippen molar-refractivity contribution in [2.45, 2.75) is 12.5 Å². The van der Waals surface area contributed by atoms with Gasteiger partial charge < -0.3 is 10.8 Å². The Morgan fingerprint density at radius 1 is 1.64 bits per heavy atom. The number of carboxylic acid groups (broad SMARTS) is 1. The van der Waals surface area contributed by atoms with E-state index in [1.54, 1.807) is 18.2 Å². The third-order valence-corrected chi connectivity index (χ3v) is 2.75. The molecule has 5 heteroatoms. The molecule has 0 aliphatic rings. The Balaban J connectivity index is 2.82. The van der Waals surface area contributed by atoms with Gasteiger partial charge in [-0.15, -0.1) is 0 Å². The van der Waals surface area contributed by atoms with Gasteiger partial charge in [-0.1, -0.05) is 33.6 Å². The molecule has 0 radical (unpaired) electrons. The van der Waals surface area contributed by atoms with Crippen molar-refractivity contribution >= 4 is 33.5 Å². The smallest absolute Gasteiger partial charge is 0.320 e. The highest BCUT2D eigenvalue weighted by Crippen LogP contribution is 2.22. The van der Waals surface area contributed by atoms with Crippen LogP contribution in [-0.4, -0.2) is 17.1 Å². The number of carbonyl (C=O) groups is 1. The van der Waals surface area contributed by atoms with Crippen LogP contribution in [0.3, 0.4) is 0 Å². The number of halogens is 2. The zero-order valence-corrected chi connectivity index (χ0v) is 9.55. The van der Waals surface area contributed by atoms with Crippen molar-refractivity contribution in [2.75, 3.05) is 0 Å². The minimum absolute atomic E-state index is 0.285. The van der Waals surface area contributed by atoms with Crippen LogP contribution in [0.5, 0.6) is 0 Å². The number of carboxylic acids is 1. The number of hydrogen-bond donors (Lipinski definition) is 2. The molecule has 76 valence electrons. The molecule has 0 heterocycles. The number of nitrogens with two attached hydrogens (primary N) is 1. The Bertz CT molecular complexity index is 357. The summed E-state index contributed by atoms with van der Waals surface area (Å²) in [5, 5.41) is 9.22. The molecule has 0 fully saturated rings. The normalized spacial score (nSPS) is 12.5. The van der Waals surface area contributed by atoms with E-state index in [-0.39, 0.29) is 6.42 Å². The van der Waals surface area contributed by atoms with Crippen molar-refractivity contribution in [2.24, 2.45) is 5.73 Å². The lowest BCUT2D eigenvalue weighted by Gasteiger charge is -2.08. The first kappa shape index (κ1) is 11.5. The SMILES string of the molecule is N[C@H](Cc1ccc(Cl)cc1Br)C(=O)O. The predicted molar refractivity (Wildman–Crippen MR) is 58.5 cm³/mol. The second kappa shape index (κ2) is 4.77. The van der Waals surface area contributed by atoms with Crippen molar-refractivity contribution in [1.82, 2.24) is 0 Å². The van der Waals surface area contributed by atoms with E-state index >= 15 is 0 Å². The van der Waals surface area contributed by atoms with Gasteiger partial charge in [-0.2, -0.15) is 0 Å². The number of aliphatic carboxylic acids is 1. The van der Waals surface area contributed by atoms with Crippen LogP contribution >= 0.6 is 27.5 Å². The molecular weight excluding hydrogens is 269 g/mol. The Hall–Kier alpha value is -0.580. The molecular formula is C9H9BrClNO2. The van der Waals surface area contributed by atoms with Gasteiger partial charge in [0.15, 0.2) is 0 Å². The average Bonchev–Trinajstić information content (AvgIpc) is 2.09. The van der Waals surface area contributed by atoms with E-state index in [9.17, 15) is 4.79 Å². The molecule has 14 heavy (non-hydrogen) atoms. The first-order valence-electron chi connectivity index (χ1n) is 3.93. The monoisotopic (exact) mass is 277 g/mol. The van der Waals surface area contributed by atoms with E-state index in [0.717, 1.165) is 10.0 Å². The first-order chi connectivity index (χ1) is 6.50. The zero-order valence-electron chi connectivity index (χ0n) is 7.21. The van der Waals surface area contributed by atoms with Crippen molar-refractivity contribution in [3.8, 4) is 0 Å². The fourth-order valence-electron chi connectivity index (χ4n) is 1.01. The molecule has 3 nitrogen and oxygen atoms in total. The summed E-state index contributed by atoms with van der Waals surface area (Å²) >= 11 is 9.03. The van der Waals surface area contributed by atoms with Crippen LogP contribution in [0.25, 0.3) is 0 Å². The van der Waals surface area contributed by atoms with Crippen LogP contribution in [0.1, 0.15) is 5.56 Å². The van der Waals surface area contributed by atoms with E-state index < -0.39 is 12.0 Å². The van der Waals surface area contributed by atoms with Crippen LogP contribution in [0.2, 0.25) is 5.02 Å². The van der Waals surface area contributed by atoms with Gasteiger partial charge in [-0.25, -0.2) is 0 Å². The molecule has 1 aromatic rings. The maximum absolute atomic E-state index is 10.5. The number of benzene rings is 1. The highest BCUT2D eigenvalue weighted by atomic mass is 79.9. The summed E-state index contributed by atoms with van der Waals surface area (Å²) < 4.78 is 0.779. The summed E-state index contributed by atoms with van der Waals surface area (Å²) in [6.07, 6.45) is 0.285. The van der Waals surface area contributed by atoms with Crippen LogP contribution < -0.4 is 5.73 Å². The third kappa shape index (κ3) is 2.97. The van der Waals surface area contributed by atoms with Gasteiger partial charge in [0, 0.05) is 9.50 Å². The quantitative estimate of drug-likeness (QED) is 0.889.